The van der Waals surface area contributed by atoms with Gasteiger partial charge in [-0.25, -0.2) is 8.42 Å². The Morgan fingerprint density at radius 3 is 2.48 bits per heavy atom. The van der Waals surface area contributed by atoms with Crippen molar-refractivity contribution >= 4 is 27.0 Å². The molecule has 21 heavy (non-hydrogen) atoms. The van der Waals surface area contributed by atoms with Crippen LogP contribution in [0.3, 0.4) is 0 Å². The maximum Gasteiger partial charge on any atom is 0.271 e. The molecule has 0 atom stereocenters. The van der Waals surface area contributed by atoms with Crippen molar-refractivity contribution in [2.24, 2.45) is 0 Å². The fourth-order valence-electron chi connectivity index (χ4n) is 1.75. The fraction of sp³-hybridized carbons (Fsp3) is 0.286. The summed E-state index contributed by atoms with van der Waals surface area (Å²) < 4.78 is 32.5. The Morgan fingerprint density at radius 1 is 1.14 bits per heavy atom. The first-order valence-corrected chi connectivity index (χ1v) is 8.75. The Hall–Kier alpha value is -1.57. The fourth-order valence-corrected chi connectivity index (χ4v) is 4.16. The molecular weight excluding hydrogens is 308 g/mol. The number of sulfonamides is 1. The second-order valence-electron chi connectivity index (χ2n) is 4.41. The lowest BCUT2D eigenvalue weighted by molar-refractivity contribution is 0.415. The van der Waals surface area contributed by atoms with Crippen LogP contribution in [-0.2, 0) is 16.4 Å². The van der Waals surface area contributed by atoms with Crippen LogP contribution in [0.2, 0.25) is 0 Å². The van der Waals surface area contributed by atoms with Gasteiger partial charge in [0.25, 0.3) is 10.0 Å². The van der Waals surface area contributed by atoms with Crippen molar-refractivity contribution in [1.82, 2.24) is 5.32 Å². The van der Waals surface area contributed by atoms with Crippen molar-refractivity contribution in [2.75, 3.05) is 25.4 Å². The number of rotatable bonds is 7. The highest BCUT2D eigenvalue weighted by Gasteiger charge is 2.16. The van der Waals surface area contributed by atoms with Crippen molar-refractivity contribution < 1.29 is 13.2 Å². The summed E-state index contributed by atoms with van der Waals surface area (Å²) in [6.45, 7) is 0.825. The van der Waals surface area contributed by atoms with Crippen LogP contribution in [0.4, 0.5) is 5.69 Å². The molecule has 1 heterocycles. The Morgan fingerprint density at radius 2 is 1.86 bits per heavy atom. The van der Waals surface area contributed by atoms with Gasteiger partial charge in [-0.1, -0.05) is 0 Å². The number of anilines is 1. The number of likely N-dealkylation sites (N-methyl/N-ethyl adjacent to an activating group) is 1. The van der Waals surface area contributed by atoms with E-state index in [-0.39, 0.29) is 0 Å². The Bertz CT molecular complexity index is 678. The number of hydrogen-bond donors (Lipinski definition) is 2. The minimum Gasteiger partial charge on any atom is -0.497 e. The quantitative estimate of drug-likeness (QED) is 0.819. The summed E-state index contributed by atoms with van der Waals surface area (Å²) in [5.74, 6) is 0.684. The third-order valence-corrected chi connectivity index (χ3v) is 5.88. The van der Waals surface area contributed by atoms with Gasteiger partial charge in [0.1, 0.15) is 9.96 Å². The molecule has 0 unspecified atom stereocenters. The molecule has 0 saturated carbocycles. The van der Waals surface area contributed by atoms with E-state index in [9.17, 15) is 8.42 Å². The van der Waals surface area contributed by atoms with Crippen molar-refractivity contribution in [2.45, 2.75) is 10.6 Å². The Labute approximate surface area is 129 Å². The van der Waals surface area contributed by atoms with E-state index < -0.39 is 10.0 Å². The van der Waals surface area contributed by atoms with Crippen LogP contribution >= 0.6 is 11.3 Å². The van der Waals surface area contributed by atoms with Crippen LogP contribution < -0.4 is 14.8 Å². The van der Waals surface area contributed by atoms with Gasteiger partial charge in [0.05, 0.1) is 7.11 Å². The van der Waals surface area contributed by atoms with E-state index in [1.54, 1.807) is 37.4 Å². The maximum absolute atomic E-state index is 12.3. The van der Waals surface area contributed by atoms with Crippen LogP contribution in [0.5, 0.6) is 5.75 Å². The van der Waals surface area contributed by atoms with Gasteiger partial charge in [-0.3, -0.25) is 4.72 Å². The van der Waals surface area contributed by atoms with Crippen molar-refractivity contribution in [1.29, 1.82) is 0 Å². The smallest absolute Gasteiger partial charge is 0.271 e. The van der Waals surface area contributed by atoms with Crippen LogP contribution in [0.1, 0.15) is 4.88 Å². The molecule has 0 aliphatic heterocycles. The van der Waals surface area contributed by atoms with Crippen molar-refractivity contribution in [3.05, 3.63) is 41.3 Å². The van der Waals surface area contributed by atoms with E-state index in [0.29, 0.717) is 15.6 Å². The molecule has 1 aromatic heterocycles. The minimum atomic E-state index is -3.53. The summed E-state index contributed by atoms with van der Waals surface area (Å²) in [5.41, 5.74) is 0.515. The average Bonchev–Trinajstić information content (AvgIpc) is 2.95. The van der Waals surface area contributed by atoms with Gasteiger partial charge < -0.3 is 10.1 Å². The highest BCUT2D eigenvalue weighted by atomic mass is 32.2. The van der Waals surface area contributed by atoms with Crippen molar-refractivity contribution in [3.63, 3.8) is 0 Å². The molecule has 2 aromatic rings. The molecule has 0 aliphatic rings. The first kappa shape index (κ1) is 15.8. The molecule has 0 radical (unpaired) electrons. The highest BCUT2D eigenvalue weighted by molar-refractivity contribution is 7.94. The number of nitrogens with one attached hydrogen (secondary N) is 2. The second-order valence-corrected chi connectivity index (χ2v) is 7.49. The van der Waals surface area contributed by atoms with Gasteiger partial charge in [-0.2, -0.15) is 0 Å². The molecule has 0 bridgehead atoms. The molecule has 7 heteroatoms. The topological polar surface area (TPSA) is 67.4 Å². The summed E-state index contributed by atoms with van der Waals surface area (Å²) in [4.78, 5) is 1.04. The van der Waals surface area contributed by atoms with E-state index in [4.69, 9.17) is 4.74 Å². The van der Waals surface area contributed by atoms with Gasteiger partial charge in [-0.05, 0) is 56.4 Å². The predicted molar refractivity (Wildman–Crippen MR) is 85.8 cm³/mol. The van der Waals surface area contributed by atoms with Gasteiger partial charge in [-0.15, -0.1) is 11.3 Å². The van der Waals surface area contributed by atoms with Gasteiger partial charge in [0.2, 0.25) is 0 Å². The lowest BCUT2D eigenvalue weighted by Gasteiger charge is -2.07. The summed E-state index contributed by atoms with van der Waals surface area (Å²) in [7, 11) is -0.0913. The number of hydrogen-bond acceptors (Lipinski definition) is 5. The number of thiophene rings is 1. The molecule has 1 aromatic carbocycles. The molecule has 0 aliphatic carbocycles. The summed E-state index contributed by atoms with van der Waals surface area (Å²) in [6, 6.07) is 10.3. The van der Waals surface area contributed by atoms with Crippen LogP contribution in [0, 0.1) is 0 Å². The third kappa shape index (κ3) is 4.20. The predicted octanol–water partition coefficient (Wildman–Crippen LogP) is 2.32. The molecule has 114 valence electrons. The van der Waals surface area contributed by atoms with Crippen molar-refractivity contribution in [3.8, 4) is 5.75 Å². The molecular formula is C14H18N2O3S2. The summed E-state index contributed by atoms with van der Waals surface area (Å²) >= 11 is 1.29. The molecule has 5 nitrogen and oxygen atoms in total. The normalized spacial score (nSPS) is 11.3. The Balaban J connectivity index is 2.11. The molecule has 0 amide bonds. The first-order chi connectivity index (χ1) is 10.0. The van der Waals surface area contributed by atoms with Crippen LogP contribution in [0.25, 0.3) is 0 Å². The largest absolute Gasteiger partial charge is 0.497 e. The van der Waals surface area contributed by atoms with Crippen LogP contribution in [0.15, 0.2) is 40.6 Å². The number of methoxy groups -OCH3 is 1. The van der Waals surface area contributed by atoms with E-state index >= 15 is 0 Å². The zero-order valence-corrected chi connectivity index (χ0v) is 13.6. The van der Waals surface area contributed by atoms with E-state index in [1.165, 1.54) is 11.3 Å². The number of benzene rings is 1. The molecule has 0 saturated heterocycles. The van der Waals surface area contributed by atoms with Gasteiger partial charge in [0.15, 0.2) is 0 Å². The van der Waals surface area contributed by atoms with E-state index in [1.807, 2.05) is 13.1 Å². The summed E-state index contributed by atoms with van der Waals surface area (Å²) in [6.07, 6.45) is 0.819. The average molecular weight is 326 g/mol. The van der Waals surface area contributed by atoms with Gasteiger partial charge >= 0.3 is 0 Å². The maximum atomic E-state index is 12.3. The SMILES string of the molecule is CNCCc1ccc(S(=O)(=O)Nc2ccc(OC)cc2)s1. The lowest BCUT2D eigenvalue weighted by Crippen LogP contribution is -2.11. The highest BCUT2D eigenvalue weighted by Crippen LogP contribution is 2.25. The first-order valence-electron chi connectivity index (χ1n) is 6.45. The standard InChI is InChI=1S/C14H18N2O3S2/c1-15-10-9-13-7-8-14(20-13)21(17,18)16-11-3-5-12(19-2)6-4-11/h3-8,15-16H,9-10H2,1-2H3. The lowest BCUT2D eigenvalue weighted by atomic mass is 10.3. The van der Waals surface area contributed by atoms with Gasteiger partial charge in [0, 0.05) is 10.6 Å². The zero-order chi connectivity index (χ0) is 15.3. The minimum absolute atomic E-state index is 0.324. The number of ether oxygens (including phenoxy) is 1. The summed E-state index contributed by atoms with van der Waals surface area (Å²) in [5, 5.41) is 3.04. The zero-order valence-electron chi connectivity index (χ0n) is 11.9. The third-order valence-electron chi connectivity index (χ3n) is 2.87. The molecule has 0 fully saturated rings. The molecule has 0 spiro atoms. The van der Waals surface area contributed by atoms with E-state index in [0.717, 1.165) is 17.8 Å². The van der Waals surface area contributed by atoms with E-state index in [2.05, 4.69) is 10.0 Å². The monoisotopic (exact) mass is 326 g/mol. The molecule has 2 rings (SSSR count). The van der Waals surface area contributed by atoms with Crippen LogP contribution in [-0.4, -0.2) is 29.1 Å². The second kappa shape index (κ2) is 6.93. The Kier molecular flexibility index (Phi) is 5.22. The molecule has 2 N–H and O–H groups in total.